The molecular weight excluding hydrogens is 228 g/mol. The van der Waals surface area contributed by atoms with Crippen molar-refractivity contribution in [2.75, 3.05) is 18.5 Å². The summed E-state index contributed by atoms with van der Waals surface area (Å²) in [5, 5.41) is 8.12. The van der Waals surface area contributed by atoms with Crippen LogP contribution in [0.15, 0.2) is 4.42 Å². The molecule has 0 spiro atoms. The second-order valence-electron chi connectivity index (χ2n) is 5.21. The van der Waals surface area contributed by atoms with E-state index in [1.54, 1.807) is 0 Å². The van der Waals surface area contributed by atoms with Crippen molar-refractivity contribution in [3.63, 3.8) is 0 Å². The standard InChI is InChI=1S/C13H24N4O/c1-3-10-4-6-11(7-5-10)17(2)13-16-15-12(18-13)8-9-14/h10-11H,3-9,14H2,1-2H3. The van der Waals surface area contributed by atoms with Crippen molar-refractivity contribution >= 4 is 6.01 Å². The van der Waals surface area contributed by atoms with E-state index in [1.165, 1.54) is 32.1 Å². The van der Waals surface area contributed by atoms with Gasteiger partial charge in [-0.2, -0.15) is 0 Å². The van der Waals surface area contributed by atoms with Gasteiger partial charge >= 0.3 is 6.01 Å². The van der Waals surface area contributed by atoms with Gasteiger partial charge in [0.25, 0.3) is 0 Å². The predicted octanol–water partition coefficient (Wildman–Crippen LogP) is 1.98. The molecule has 0 aromatic carbocycles. The second kappa shape index (κ2) is 6.18. The molecule has 0 aliphatic heterocycles. The van der Waals surface area contributed by atoms with Crippen LogP contribution in [0.4, 0.5) is 6.01 Å². The van der Waals surface area contributed by atoms with E-state index in [2.05, 4.69) is 29.1 Å². The van der Waals surface area contributed by atoms with Crippen LogP contribution in [0.25, 0.3) is 0 Å². The highest BCUT2D eigenvalue weighted by atomic mass is 16.4. The summed E-state index contributed by atoms with van der Waals surface area (Å²) in [4.78, 5) is 2.14. The minimum Gasteiger partial charge on any atom is -0.408 e. The molecule has 0 saturated heterocycles. The van der Waals surface area contributed by atoms with E-state index in [9.17, 15) is 0 Å². The van der Waals surface area contributed by atoms with Crippen LogP contribution in [-0.4, -0.2) is 29.8 Å². The highest BCUT2D eigenvalue weighted by molar-refractivity contribution is 5.24. The summed E-state index contributed by atoms with van der Waals surface area (Å²) in [6.07, 6.45) is 7.04. The molecule has 1 aromatic rings. The van der Waals surface area contributed by atoms with Crippen LogP contribution >= 0.6 is 0 Å². The number of hydrogen-bond acceptors (Lipinski definition) is 5. The number of rotatable bonds is 5. The lowest BCUT2D eigenvalue weighted by Crippen LogP contribution is -2.35. The summed E-state index contributed by atoms with van der Waals surface area (Å²) in [6, 6.07) is 1.18. The van der Waals surface area contributed by atoms with Gasteiger partial charge in [-0.1, -0.05) is 18.4 Å². The fraction of sp³-hybridized carbons (Fsp3) is 0.846. The van der Waals surface area contributed by atoms with Gasteiger partial charge in [0.05, 0.1) is 0 Å². The molecule has 0 unspecified atom stereocenters. The van der Waals surface area contributed by atoms with E-state index < -0.39 is 0 Å². The van der Waals surface area contributed by atoms with Crippen molar-refractivity contribution in [2.45, 2.75) is 51.5 Å². The van der Waals surface area contributed by atoms with Gasteiger partial charge in [-0.15, -0.1) is 5.10 Å². The number of aromatic nitrogens is 2. The van der Waals surface area contributed by atoms with Crippen LogP contribution in [0.5, 0.6) is 0 Å². The summed E-state index contributed by atoms with van der Waals surface area (Å²) in [7, 11) is 2.05. The molecule has 1 saturated carbocycles. The Balaban J connectivity index is 1.92. The van der Waals surface area contributed by atoms with Gasteiger partial charge in [0, 0.05) is 26.1 Å². The van der Waals surface area contributed by atoms with E-state index in [1.807, 2.05) is 0 Å². The number of nitrogens with zero attached hydrogens (tertiary/aromatic N) is 3. The first-order valence-electron chi connectivity index (χ1n) is 6.99. The third-order valence-corrected chi connectivity index (χ3v) is 4.06. The Bertz CT molecular complexity index is 358. The van der Waals surface area contributed by atoms with Gasteiger partial charge in [0.1, 0.15) is 0 Å². The molecule has 18 heavy (non-hydrogen) atoms. The Hall–Kier alpha value is -1.10. The van der Waals surface area contributed by atoms with Crippen LogP contribution < -0.4 is 10.6 Å². The first-order valence-corrected chi connectivity index (χ1v) is 6.99. The van der Waals surface area contributed by atoms with E-state index >= 15 is 0 Å². The third-order valence-electron chi connectivity index (χ3n) is 4.06. The smallest absolute Gasteiger partial charge is 0.318 e. The largest absolute Gasteiger partial charge is 0.408 e. The van der Waals surface area contributed by atoms with Crippen LogP contribution in [0.2, 0.25) is 0 Å². The zero-order valence-corrected chi connectivity index (χ0v) is 11.4. The molecule has 0 radical (unpaired) electrons. The molecule has 1 aromatic heterocycles. The third kappa shape index (κ3) is 3.02. The fourth-order valence-electron chi connectivity index (χ4n) is 2.71. The van der Waals surface area contributed by atoms with Gasteiger partial charge in [-0.05, 0) is 31.6 Å². The highest BCUT2D eigenvalue weighted by Crippen LogP contribution is 2.30. The van der Waals surface area contributed by atoms with Crippen LogP contribution in [0.1, 0.15) is 44.9 Å². The molecular formula is C13H24N4O. The lowest BCUT2D eigenvalue weighted by atomic mass is 9.84. The van der Waals surface area contributed by atoms with Crippen LogP contribution in [0, 0.1) is 5.92 Å². The van der Waals surface area contributed by atoms with Crippen molar-refractivity contribution in [1.29, 1.82) is 0 Å². The van der Waals surface area contributed by atoms with Gasteiger partial charge < -0.3 is 15.1 Å². The van der Waals surface area contributed by atoms with Gasteiger partial charge in [-0.25, -0.2) is 0 Å². The zero-order valence-electron chi connectivity index (χ0n) is 11.4. The minimum atomic E-state index is 0.541. The number of hydrogen-bond donors (Lipinski definition) is 1. The Labute approximate surface area is 109 Å². The van der Waals surface area contributed by atoms with Crippen LogP contribution in [-0.2, 0) is 6.42 Å². The maximum Gasteiger partial charge on any atom is 0.318 e. The molecule has 1 aliphatic carbocycles. The molecule has 1 fully saturated rings. The molecule has 5 heteroatoms. The minimum absolute atomic E-state index is 0.541. The average molecular weight is 252 g/mol. The summed E-state index contributed by atoms with van der Waals surface area (Å²) in [6.45, 7) is 2.83. The quantitative estimate of drug-likeness (QED) is 0.867. The molecule has 2 N–H and O–H groups in total. The lowest BCUT2D eigenvalue weighted by molar-refractivity contribution is 0.306. The van der Waals surface area contributed by atoms with Gasteiger partial charge in [-0.3, -0.25) is 0 Å². The van der Waals surface area contributed by atoms with E-state index in [-0.39, 0.29) is 0 Å². The second-order valence-corrected chi connectivity index (χ2v) is 5.21. The zero-order chi connectivity index (χ0) is 13.0. The molecule has 1 heterocycles. The molecule has 5 nitrogen and oxygen atoms in total. The van der Waals surface area contributed by atoms with E-state index in [0.29, 0.717) is 30.9 Å². The molecule has 0 atom stereocenters. The fourth-order valence-corrected chi connectivity index (χ4v) is 2.71. The lowest BCUT2D eigenvalue weighted by Gasteiger charge is -2.33. The van der Waals surface area contributed by atoms with Crippen LogP contribution in [0.3, 0.4) is 0 Å². The average Bonchev–Trinajstić information content (AvgIpc) is 2.87. The number of anilines is 1. The normalized spacial score (nSPS) is 24.2. The van der Waals surface area contributed by atoms with E-state index in [0.717, 1.165) is 5.92 Å². The van der Waals surface area contributed by atoms with Crippen molar-refractivity contribution in [3.8, 4) is 0 Å². The maximum atomic E-state index is 5.62. The summed E-state index contributed by atoms with van der Waals surface area (Å²) in [5.74, 6) is 1.55. The Morgan fingerprint density at radius 3 is 2.61 bits per heavy atom. The Morgan fingerprint density at radius 1 is 1.28 bits per heavy atom. The van der Waals surface area contributed by atoms with E-state index in [4.69, 9.17) is 10.2 Å². The first-order chi connectivity index (χ1) is 8.74. The Kier molecular flexibility index (Phi) is 4.58. The summed E-state index contributed by atoms with van der Waals surface area (Å²) in [5.41, 5.74) is 5.48. The topological polar surface area (TPSA) is 68.2 Å². The first kappa shape index (κ1) is 13.3. The molecule has 102 valence electrons. The monoisotopic (exact) mass is 252 g/mol. The summed E-state index contributed by atoms with van der Waals surface area (Å²) < 4.78 is 5.62. The Morgan fingerprint density at radius 2 is 2.00 bits per heavy atom. The summed E-state index contributed by atoms with van der Waals surface area (Å²) >= 11 is 0. The molecule has 0 amide bonds. The van der Waals surface area contributed by atoms with Crippen molar-refractivity contribution in [2.24, 2.45) is 11.7 Å². The highest BCUT2D eigenvalue weighted by Gasteiger charge is 2.25. The SMILES string of the molecule is CCC1CCC(N(C)c2nnc(CCN)o2)CC1. The van der Waals surface area contributed by atoms with Crippen molar-refractivity contribution < 1.29 is 4.42 Å². The molecule has 1 aliphatic rings. The molecule has 0 bridgehead atoms. The van der Waals surface area contributed by atoms with Crippen molar-refractivity contribution in [1.82, 2.24) is 10.2 Å². The van der Waals surface area contributed by atoms with Gasteiger partial charge in [0.2, 0.25) is 5.89 Å². The maximum absolute atomic E-state index is 5.62. The number of nitrogens with two attached hydrogens (primary N) is 1. The van der Waals surface area contributed by atoms with Gasteiger partial charge in [0.15, 0.2) is 0 Å². The van der Waals surface area contributed by atoms with Crippen molar-refractivity contribution in [3.05, 3.63) is 5.89 Å². The predicted molar refractivity (Wildman–Crippen MR) is 71.5 cm³/mol. The molecule has 2 rings (SSSR count).